The summed E-state index contributed by atoms with van der Waals surface area (Å²) in [6.45, 7) is 3.79. The molecular weight excluding hydrogens is 445 g/mol. The number of pyridine rings is 1. The second-order valence-electron chi connectivity index (χ2n) is 7.63. The number of hydrogen-bond acceptors (Lipinski definition) is 6. The molecule has 0 bridgehead atoms. The first-order chi connectivity index (χ1) is 15.7. The molecule has 0 N–H and O–H groups in total. The Morgan fingerprint density at radius 2 is 1.67 bits per heavy atom. The van der Waals surface area contributed by atoms with Crippen LogP contribution in [0.1, 0.15) is 32.3 Å². The Morgan fingerprint density at radius 1 is 1.03 bits per heavy atom. The van der Waals surface area contributed by atoms with Crippen molar-refractivity contribution in [2.75, 3.05) is 12.9 Å². The monoisotopic (exact) mass is 471 g/mol. The van der Waals surface area contributed by atoms with Crippen LogP contribution in [0.25, 0.3) is 22.4 Å². The Bertz CT molecular complexity index is 1220. The van der Waals surface area contributed by atoms with Gasteiger partial charge in [0.05, 0.1) is 22.8 Å². The van der Waals surface area contributed by atoms with Crippen LogP contribution < -0.4 is 4.74 Å². The van der Waals surface area contributed by atoms with E-state index < -0.39 is 15.8 Å². The molecule has 1 aromatic heterocycles. The molecule has 8 heteroatoms. The van der Waals surface area contributed by atoms with Gasteiger partial charge in [-0.3, -0.25) is 4.79 Å². The van der Waals surface area contributed by atoms with Gasteiger partial charge in [-0.25, -0.2) is 17.8 Å². The Morgan fingerprint density at radius 3 is 2.24 bits per heavy atom. The van der Waals surface area contributed by atoms with Gasteiger partial charge in [0.1, 0.15) is 12.4 Å². The van der Waals surface area contributed by atoms with E-state index in [1.807, 2.05) is 13.0 Å². The minimum atomic E-state index is -3.35. The van der Waals surface area contributed by atoms with Crippen LogP contribution in [0, 0.1) is 5.82 Å². The fraction of sp³-hybridized carbons (Fsp3) is 0.280. The van der Waals surface area contributed by atoms with Gasteiger partial charge in [-0.05, 0) is 54.4 Å². The molecule has 6 nitrogen and oxygen atoms in total. The number of unbranched alkanes of at least 4 members (excludes halogenated alkanes) is 1. The maximum atomic E-state index is 13.6. The molecule has 2 aromatic carbocycles. The van der Waals surface area contributed by atoms with Crippen molar-refractivity contribution < 1.29 is 27.1 Å². The number of benzene rings is 2. The second kappa shape index (κ2) is 10.6. The predicted molar refractivity (Wildman–Crippen MR) is 124 cm³/mol. The first-order valence-corrected chi connectivity index (χ1v) is 12.4. The lowest BCUT2D eigenvalue weighted by Gasteiger charge is -2.17. The maximum absolute atomic E-state index is 13.6. The highest BCUT2D eigenvalue weighted by Gasteiger charge is 2.18. The fourth-order valence-corrected chi connectivity index (χ4v) is 3.82. The quantitative estimate of drug-likeness (QED) is 0.315. The van der Waals surface area contributed by atoms with Gasteiger partial charge in [-0.15, -0.1) is 0 Å². The van der Waals surface area contributed by atoms with Gasteiger partial charge in [0.25, 0.3) is 0 Å². The van der Waals surface area contributed by atoms with Gasteiger partial charge in [-0.2, -0.15) is 0 Å². The highest BCUT2D eigenvalue weighted by Crippen LogP contribution is 2.35. The van der Waals surface area contributed by atoms with Gasteiger partial charge in [0.2, 0.25) is 5.88 Å². The highest BCUT2D eigenvalue weighted by molar-refractivity contribution is 7.90. The molecule has 0 atom stereocenters. The summed E-state index contributed by atoms with van der Waals surface area (Å²) in [6.07, 6.45) is 2.91. The van der Waals surface area contributed by atoms with Crippen molar-refractivity contribution in [3.05, 3.63) is 66.0 Å². The van der Waals surface area contributed by atoms with E-state index in [2.05, 4.69) is 0 Å². The van der Waals surface area contributed by atoms with Gasteiger partial charge in [0, 0.05) is 24.3 Å². The molecule has 0 spiro atoms. The number of aromatic nitrogens is 1. The third kappa shape index (κ3) is 6.38. The molecule has 33 heavy (non-hydrogen) atoms. The first kappa shape index (κ1) is 24.4. The lowest BCUT2D eigenvalue weighted by Crippen LogP contribution is -2.07. The number of rotatable bonds is 9. The van der Waals surface area contributed by atoms with Gasteiger partial charge in [0.15, 0.2) is 9.84 Å². The number of nitrogens with zero attached hydrogens (tertiary/aromatic N) is 1. The number of halogens is 1. The molecule has 3 aromatic rings. The van der Waals surface area contributed by atoms with E-state index in [1.54, 1.807) is 24.3 Å². The average Bonchev–Trinajstić information content (AvgIpc) is 2.78. The lowest BCUT2D eigenvalue weighted by atomic mass is 9.97. The lowest BCUT2D eigenvalue weighted by molar-refractivity contribution is -0.142. The largest absolute Gasteiger partial charge is 0.477 e. The van der Waals surface area contributed by atoms with Crippen LogP contribution in [0.5, 0.6) is 5.88 Å². The number of sulfone groups is 1. The maximum Gasteiger partial charge on any atom is 0.302 e. The van der Waals surface area contributed by atoms with E-state index in [9.17, 15) is 17.6 Å². The molecule has 0 aliphatic rings. The molecule has 0 unspecified atom stereocenters. The molecule has 3 rings (SSSR count). The summed E-state index contributed by atoms with van der Waals surface area (Å²) >= 11 is 0. The summed E-state index contributed by atoms with van der Waals surface area (Å²) in [5, 5.41) is 0. The molecule has 0 saturated carbocycles. The average molecular weight is 472 g/mol. The second-order valence-corrected chi connectivity index (χ2v) is 9.65. The Hall–Kier alpha value is -3.26. The van der Waals surface area contributed by atoms with Crippen molar-refractivity contribution in [2.45, 2.75) is 38.2 Å². The number of carbonyl (C=O) groups is 1. The molecule has 0 aliphatic carbocycles. The molecular formula is C25H26FNO5S. The van der Waals surface area contributed by atoms with Crippen molar-refractivity contribution in [3.63, 3.8) is 0 Å². The third-order valence-electron chi connectivity index (χ3n) is 4.94. The molecule has 0 fully saturated rings. The van der Waals surface area contributed by atoms with Gasteiger partial charge in [-0.1, -0.05) is 25.5 Å². The normalized spacial score (nSPS) is 11.3. The number of esters is 1. The summed E-state index contributed by atoms with van der Waals surface area (Å²) in [4.78, 5) is 16.3. The minimum absolute atomic E-state index is 0.0259. The van der Waals surface area contributed by atoms with Crippen molar-refractivity contribution in [1.82, 2.24) is 4.98 Å². The Kier molecular flexibility index (Phi) is 7.81. The van der Waals surface area contributed by atoms with E-state index in [-0.39, 0.29) is 17.3 Å². The van der Waals surface area contributed by atoms with Gasteiger partial charge < -0.3 is 9.47 Å². The summed E-state index contributed by atoms with van der Waals surface area (Å²) in [6, 6.07) is 14.2. The van der Waals surface area contributed by atoms with Crippen LogP contribution in [-0.2, 0) is 26.0 Å². The van der Waals surface area contributed by atoms with Gasteiger partial charge >= 0.3 is 5.97 Å². The van der Waals surface area contributed by atoms with E-state index >= 15 is 0 Å². The van der Waals surface area contributed by atoms with Crippen molar-refractivity contribution >= 4 is 15.8 Å². The summed E-state index contributed by atoms with van der Waals surface area (Å²) in [5.74, 6) is -0.472. The molecule has 174 valence electrons. The molecule has 0 aliphatic heterocycles. The van der Waals surface area contributed by atoms with Crippen LogP contribution in [0.2, 0.25) is 0 Å². The number of ether oxygens (including phenoxy) is 2. The van der Waals surface area contributed by atoms with Crippen molar-refractivity contribution in [3.8, 4) is 28.3 Å². The molecule has 1 heterocycles. The van der Waals surface area contributed by atoms with Crippen LogP contribution in [0.15, 0.2) is 59.5 Å². The Labute approximate surface area is 193 Å². The smallest absolute Gasteiger partial charge is 0.302 e. The first-order valence-electron chi connectivity index (χ1n) is 10.6. The van der Waals surface area contributed by atoms with Crippen molar-refractivity contribution in [1.29, 1.82) is 0 Å². The molecule has 0 saturated heterocycles. The van der Waals surface area contributed by atoms with E-state index in [0.29, 0.717) is 40.4 Å². The standard InChI is InChI=1S/C25H26FNO5S/c1-4-5-14-31-25-20(16-32-17(2)28)15-23(18-8-12-22(13-9-18)33(3,29)30)24(27-25)19-6-10-21(26)11-7-19/h6-13,15H,4-5,14,16H2,1-3H3. The summed E-state index contributed by atoms with van der Waals surface area (Å²) < 4.78 is 48.4. The van der Waals surface area contributed by atoms with Crippen LogP contribution in [-0.4, -0.2) is 32.2 Å². The highest BCUT2D eigenvalue weighted by atomic mass is 32.2. The number of hydrogen-bond donors (Lipinski definition) is 0. The number of carbonyl (C=O) groups excluding carboxylic acids is 1. The third-order valence-corrected chi connectivity index (χ3v) is 6.07. The van der Waals surface area contributed by atoms with E-state index in [0.717, 1.165) is 19.1 Å². The summed E-state index contributed by atoms with van der Waals surface area (Å²) in [5.41, 5.74) is 3.16. The zero-order valence-electron chi connectivity index (χ0n) is 18.8. The van der Waals surface area contributed by atoms with E-state index in [1.165, 1.54) is 31.2 Å². The summed E-state index contributed by atoms with van der Waals surface area (Å²) in [7, 11) is -3.35. The van der Waals surface area contributed by atoms with E-state index in [4.69, 9.17) is 14.5 Å². The van der Waals surface area contributed by atoms with Crippen LogP contribution in [0.3, 0.4) is 0 Å². The topological polar surface area (TPSA) is 82.6 Å². The molecule has 0 amide bonds. The Balaban J connectivity index is 2.17. The van der Waals surface area contributed by atoms with Crippen molar-refractivity contribution in [2.24, 2.45) is 0 Å². The zero-order chi connectivity index (χ0) is 24.0. The minimum Gasteiger partial charge on any atom is -0.477 e. The van der Waals surface area contributed by atoms with Crippen LogP contribution >= 0.6 is 0 Å². The molecule has 0 radical (unpaired) electrons. The fourth-order valence-electron chi connectivity index (χ4n) is 3.19. The predicted octanol–water partition coefficient (Wildman–Crippen LogP) is 5.20. The SMILES string of the molecule is CCCCOc1nc(-c2ccc(F)cc2)c(-c2ccc(S(C)(=O)=O)cc2)cc1COC(C)=O. The zero-order valence-corrected chi connectivity index (χ0v) is 19.6. The van der Waals surface area contributed by atoms with Crippen LogP contribution in [0.4, 0.5) is 4.39 Å².